The van der Waals surface area contributed by atoms with Crippen LogP contribution in [0.25, 0.3) is 10.9 Å². The van der Waals surface area contributed by atoms with E-state index in [4.69, 9.17) is 28.6 Å². The molecule has 2 aromatic carbocycles. The van der Waals surface area contributed by atoms with Gasteiger partial charge in [-0.15, -0.1) is 0 Å². The maximum absolute atomic E-state index is 12.5. The molecule has 3 aromatic rings. The Labute approximate surface area is 153 Å². The van der Waals surface area contributed by atoms with Crippen molar-refractivity contribution in [3.63, 3.8) is 0 Å². The van der Waals surface area contributed by atoms with Crippen LogP contribution in [-0.4, -0.2) is 21.7 Å². The lowest BCUT2D eigenvalue weighted by Gasteiger charge is -2.16. The van der Waals surface area contributed by atoms with Crippen LogP contribution in [0.1, 0.15) is 6.92 Å². The first-order valence-electron chi connectivity index (χ1n) is 7.43. The Bertz CT molecular complexity index is 1060. The standard InChI is InChI=1S/C17H14ClN3O3S/c1-10(24-12-6-4-5-11(18)9-12)15(22)20-21-16(23)13-7-2-3-8-14(13)19-17(21)25/h2-10H,1H3,(H,19,25)(H,20,22)/t10-/m0/s1. The summed E-state index contributed by atoms with van der Waals surface area (Å²) in [5.41, 5.74) is 2.67. The Balaban J connectivity index is 1.84. The van der Waals surface area contributed by atoms with Gasteiger partial charge < -0.3 is 9.72 Å². The SMILES string of the molecule is C[C@H](Oc1cccc(Cl)c1)C(=O)Nn1c(=S)[nH]c2ccccc2c1=O. The Morgan fingerprint density at radius 3 is 2.80 bits per heavy atom. The van der Waals surface area contributed by atoms with Crippen LogP contribution in [0.4, 0.5) is 0 Å². The van der Waals surface area contributed by atoms with Crippen LogP contribution in [0.15, 0.2) is 53.3 Å². The molecule has 1 heterocycles. The molecule has 1 amide bonds. The summed E-state index contributed by atoms with van der Waals surface area (Å²) in [6.07, 6.45) is -0.855. The fraction of sp³-hybridized carbons (Fsp3) is 0.118. The molecule has 0 fully saturated rings. The number of hydrogen-bond acceptors (Lipinski definition) is 4. The summed E-state index contributed by atoms with van der Waals surface area (Å²) in [6, 6.07) is 13.6. The van der Waals surface area contributed by atoms with Crippen LogP contribution in [0.2, 0.25) is 5.02 Å². The number of rotatable bonds is 4. The molecule has 1 aromatic heterocycles. The van der Waals surface area contributed by atoms with Crippen molar-refractivity contribution < 1.29 is 9.53 Å². The molecule has 0 saturated heterocycles. The zero-order valence-corrected chi connectivity index (χ0v) is 14.7. The summed E-state index contributed by atoms with van der Waals surface area (Å²) in [6.45, 7) is 1.56. The average Bonchev–Trinajstić information content (AvgIpc) is 2.58. The lowest BCUT2D eigenvalue weighted by atomic mass is 10.2. The number of fused-ring (bicyclic) bond motifs is 1. The Hall–Kier alpha value is -2.64. The van der Waals surface area contributed by atoms with Gasteiger partial charge in [0.05, 0.1) is 10.9 Å². The number of benzene rings is 2. The maximum atomic E-state index is 12.5. The normalized spacial score (nSPS) is 11.9. The average molecular weight is 376 g/mol. The van der Waals surface area contributed by atoms with Crippen molar-refractivity contribution in [3.05, 3.63) is 68.7 Å². The highest BCUT2D eigenvalue weighted by molar-refractivity contribution is 7.71. The van der Waals surface area contributed by atoms with Gasteiger partial charge in [-0.2, -0.15) is 4.68 Å². The number of aromatic nitrogens is 2. The third kappa shape index (κ3) is 3.72. The summed E-state index contributed by atoms with van der Waals surface area (Å²) in [5.74, 6) is -0.0666. The number of para-hydroxylation sites is 1. The van der Waals surface area contributed by atoms with Gasteiger partial charge in [0.2, 0.25) is 0 Å². The number of carbonyl (C=O) groups is 1. The number of amides is 1. The molecule has 0 radical (unpaired) electrons. The van der Waals surface area contributed by atoms with Crippen LogP contribution < -0.4 is 15.7 Å². The molecule has 3 rings (SSSR count). The Morgan fingerprint density at radius 1 is 1.28 bits per heavy atom. The number of halogens is 1. The number of hydrogen-bond donors (Lipinski definition) is 2. The highest BCUT2D eigenvalue weighted by atomic mass is 35.5. The molecule has 128 valence electrons. The van der Waals surface area contributed by atoms with Crippen molar-refractivity contribution in [2.45, 2.75) is 13.0 Å². The van der Waals surface area contributed by atoms with E-state index in [0.29, 0.717) is 21.7 Å². The van der Waals surface area contributed by atoms with Gasteiger partial charge in [0.15, 0.2) is 10.9 Å². The zero-order chi connectivity index (χ0) is 18.0. The molecule has 25 heavy (non-hydrogen) atoms. The molecule has 0 aliphatic carbocycles. The first kappa shape index (κ1) is 17.2. The molecule has 8 heteroatoms. The summed E-state index contributed by atoms with van der Waals surface area (Å²) >= 11 is 11.0. The molecule has 0 spiro atoms. The predicted octanol–water partition coefficient (Wildman–Crippen LogP) is 3.25. The summed E-state index contributed by atoms with van der Waals surface area (Å²) < 4.78 is 6.63. The Morgan fingerprint density at radius 2 is 2.04 bits per heavy atom. The van der Waals surface area contributed by atoms with Crippen molar-refractivity contribution in [1.82, 2.24) is 9.66 Å². The van der Waals surface area contributed by atoms with Gasteiger partial charge in [-0.05, 0) is 49.5 Å². The van der Waals surface area contributed by atoms with E-state index in [-0.39, 0.29) is 4.77 Å². The second kappa shape index (κ2) is 7.08. The summed E-state index contributed by atoms with van der Waals surface area (Å²) in [5, 5.41) is 0.915. The minimum Gasteiger partial charge on any atom is -0.481 e. The second-order valence-corrected chi connectivity index (χ2v) is 6.13. The molecule has 0 unspecified atom stereocenters. The quantitative estimate of drug-likeness (QED) is 0.686. The van der Waals surface area contributed by atoms with Gasteiger partial charge in [-0.1, -0.05) is 29.8 Å². The third-order valence-corrected chi connectivity index (χ3v) is 4.03. The van der Waals surface area contributed by atoms with Crippen LogP contribution in [0.3, 0.4) is 0 Å². The summed E-state index contributed by atoms with van der Waals surface area (Å²) in [7, 11) is 0. The summed E-state index contributed by atoms with van der Waals surface area (Å²) in [4.78, 5) is 27.8. The van der Waals surface area contributed by atoms with E-state index >= 15 is 0 Å². The van der Waals surface area contributed by atoms with Gasteiger partial charge in [0, 0.05) is 5.02 Å². The van der Waals surface area contributed by atoms with E-state index in [1.54, 1.807) is 55.5 Å². The van der Waals surface area contributed by atoms with Crippen molar-refractivity contribution in [1.29, 1.82) is 0 Å². The molecule has 0 saturated carbocycles. The minimum absolute atomic E-state index is 0.0898. The fourth-order valence-electron chi connectivity index (χ4n) is 2.26. The van der Waals surface area contributed by atoms with E-state index in [1.165, 1.54) is 0 Å². The molecule has 0 aliphatic rings. The smallest absolute Gasteiger partial charge is 0.281 e. The first-order valence-corrected chi connectivity index (χ1v) is 8.21. The maximum Gasteiger partial charge on any atom is 0.281 e. The topological polar surface area (TPSA) is 76.1 Å². The van der Waals surface area contributed by atoms with E-state index in [1.807, 2.05) is 0 Å². The monoisotopic (exact) mass is 375 g/mol. The van der Waals surface area contributed by atoms with Crippen LogP contribution >= 0.6 is 23.8 Å². The minimum atomic E-state index is -0.855. The van der Waals surface area contributed by atoms with Gasteiger partial charge in [-0.3, -0.25) is 15.0 Å². The van der Waals surface area contributed by atoms with Crippen molar-refractivity contribution >= 4 is 40.6 Å². The molecule has 1 atom stereocenters. The number of aromatic amines is 1. The number of carbonyl (C=O) groups excluding carboxylic acids is 1. The van der Waals surface area contributed by atoms with Crippen molar-refractivity contribution in [2.75, 3.05) is 5.43 Å². The fourth-order valence-corrected chi connectivity index (χ4v) is 2.68. The predicted molar refractivity (Wildman–Crippen MR) is 99.3 cm³/mol. The van der Waals surface area contributed by atoms with Gasteiger partial charge in [0.25, 0.3) is 11.5 Å². The van der Waals surface area contributed by atoms with Crippen LogP contribution in [0, 0.1) is 4.77 Å². The molecule has 0 aliphatic heterocycles. The lowest BCUT2D eigenvalue weighted by molar-refractivity contribution is -0.123. The molecule has 0 bridgehead atoms. The molecule has 2 N–H and O–H groups in total. The number of ether oxygens (including phenoxy) is 1. The van der Waals surface area contributed by atoms with E-state index in [2.05, 4.69) is 10.4 Å². The third-order valence-electron chi connectivity index (χ3n) is 3.51. The lowest BCUT2D eigenvalue weighted by Crippen LogP contribution is -2.40. The number of nitrogens with one attached hydrogen (secondary N) is 2. The number of H-pyrrole nitrogens is 1. The highest BCUT2D eigenvalue weighted by Crippen LogP contribution is 2.18. The second-order valence-electron chi connectivity index (χ2n) is 5.31. The van der Waals surface area contributed by atoms with E-state index in [0.717, 1.165) is 4.68 Å². The molecular weight excluding hydrogens is 362 g/mol. The van der Waals surface area contributed by atoms with Crippen LogP contribution in [0.5, 0.6) is 5.75 Å². The van der Waals surface area contributed by atoms with Crippen molar-refractivity contribution in [2.24, 2.45) is 0 Å². The van der Waals surface area contributed by atoms with Gasteiger partial charge in [0.1, 0.15) is 5.75 Å². The van der Waals surface area contributed by atoms with E-state index < -0.39 is 17.6 Å². The number of nitrogens with zero attached hydrogens (tertiary/aromatic N) is 1. The Kier molecular flexibility index (Phi) is 4.87. The van der Waals surface area contributed by atoms with Crippen molar-refractivity contribution in [3.8, 4) is 5.75 Å². The highest BCUT2D eigenvalue weighted by Gasteiger charge is 2.17. The molecular formula is C17H14ClN3O3S. The van der Waals surface area contributed by atoms with E-state index in [9.17, 15) is 9.59 Å². The van der Waals surface area contributed by atoms with Gasteiger partial charge >= 0.3 is 0 Å². The first-order chi connectivity index (χ1) is 12.0. The largest absolute Gasteiger partial charge is 0.481 e. The van der Waals surface area contributed by atoms with Gasteiger partial charge in [-0.25, -0.2) is 0 Å². The van der Waals surface area contributed by atoms with Crippen LogP contribution in [-0.2, 0) is 4.79 Å². The zero-order valence-electron chi connectivity index (χ0n) is 13.2. The molecule has 6 nitrogen and oxygen atoms in total.